The first-order valence-corrected chi connectivity index (χ1v) is 6.14. The number of aryl methyl sites for hydroxylation is 1. The molecule has 4 heteroatoms. The molecule has 0 atom stereocenters. The molecule has 0 bridgehead atoms. The topological polar surface area (TPSA) is 66.0 Å². The van der Waals surface area contributed by atoms with Gasteiger partial charge in [-0.15, -0.1) is 0 Å². The average Bonchev–Trinajstić information content (AvgIpc) is 2.39. The zero-order valence-electron chi connectivity index (χ0n) is 11.2. The number of nitrogens with one attached hydrogen (secondary N) is 1. The van der Waals surface area contributed by atoms with Crippen molar-refractivity contribution in [1.29, 1.82) is 5.41 Å². The molecule has 1 aromatic heterocycles. The fourth-order valence-electron chi connectivity index (χ4n) is 2.07. The molecule has 2 rings (SSSR count). The summed E-state index contributed by atoms with van der Waals surface area (Å²) >= 11 is 0. The zero-order chi connectivity index (χ0) is 13.8. The highest BCUT2D eigenvalue weighted by atomic mass is 15.1. The predicted octanol–water partition coefficient (Wildman–Crippen LogP) is 2.31. The fraction of sp³-hybridized carbons (Fsp3) is 0.200. The van der Waals surface area contributed by atoms with E-state index in [0.717, 1.165) is 12.1 Å². The fourth-order valence-corrected chi connectivity index (χ4v) is 2.07. The Bertz CT molecular complexity index is 592. The van der Waals surface area contributed by atoms with Crippen LogP contribution < -0.4 is 10.6 Å². The van der Waals surface area contributed by atoms with Gasteiger partial charge < -0.3 is 10.6 Å². The van der Waals surface area contributed by atoms with E-state index in [2.05, 4.69) is 36.0 Å². The lowest BCUT2D eigenvalue weighted by Crippen LogP contribution is -2.19. The van der Waals surface area contributed by atoms with Crippen LogP contribution in [0.1, 0.15) is 16.8 Å². The van der Waals surface area contributed by atoms with Crippen molar-refractivity contribution in [2.45, 2.75) is 13.5 Å². The maximum absolute atomic E-state index is 7.41. The molecule has 0 saturated carbocycles. The summed E-state index contributed by atoms with van der Waals surface area (Å²) in [5, 5.41) is 7.41. The van der Waals surface area contributed by atoms with Crippen molar-refractivity contribution < 1.29 is 0 Å². The second-order valence-electron chi connectivity index (χ2n) is 4.61. The Kier molecular flexibility index (Phi) is 3.80. The van der Waals surface area contributed by atoms with Crippen molar-refractivity contribution in [3.8, 4) is 0 Å². The van der Waals surface area contributed by atoms with E-state index in [9.17, 15) is 0 Å². The molecule has 2 aromatic rings. The maximum atomic E-state index is 7.41. The van der Waals surface area contributed by atoms with Crippen LogP contribution in [0.15, 0.2) is 42.6 Å². The molecule has 0 spiro atoms. The van der Waals surface area contributed by atoms with Gasteiger partial charge in [-0.25, -0.2) is 0 Å². The molecule has 0 radical (unpaired) electrons. The molecular weight excluding hydrogens is 236 g/mol. The van der Waals surface area contributed by atoms with Gasteiger partial charge in [0.1, 0.15) is 11.5 Å². The molecule has 0 aliphatic rings. The van der Waals surface area contributed by atoms with Crippen LogP contribution in [-0.2, 0) is 6.54 Å². The zero-order valence-corrected chi connectivity index (χ0v) is 11.2. The lowest BCUT2D eigenvalue weighted by molar-refractivity contribution is 0.913. The minimum atomic E-state index is 0.000365. The summed E-state index contributed by atoms with van der Waals surface area (Å²) in [7, 11) is 2.05. The van der Waals surface area contributed by atoms with Gasteiger partial charge in [0.2, 0.25) is 0 Å². The first-order chi connectivity index (χ1) is 9.08. The highest BCUT2D eigenvalue weighted by molar-refractivity contribution is 5.93. The molecule has 1 heterocycles. The van der Waals surface area contributed by atoms with Gasteiger partial charge in [-0.1, -0.05) is 18.2 Å². The number of hydrogen-bond acceptors (Lipinski definition) is 3. The quantitative estimate of drug-likeness (QED) is 0.650. The van der Waals surface area contributed by atoms with Crippen LogP contribution in [0.4, 0.5) is 5.69 Å². The molecule has 0 aliphatic carbocycles. The number of nitrogens with zero attached hydrogens (tertiary/aromatic N) is 2. The SMILES string of the molecule is Cc1ccccc1N(C)Cc1ccnc(C(=N)N)c1. The van der Waals surface area contributed by atoms with Gasteiger partial charge in [0.05, 0.1) is 0 Å². The second-order valence-corrected chi connectivity index (χ2v) is 4.61. The number of aromatic nitrogens is 1. The van der Waals surface area contributed by atoms with E-state index in [4.69, 9.17) is 11.1 Å². The van der Waals surface area contributed by atoms with Gasteiger partial charge in [0, 0.05) is 25.5 Å². The van der Waals surface area contributed by atoms with Gasteiger partial charge in [-0.2, -0.15) is 0 Å². The third-order valence-corrected chi connectivity index (χ3v) is 3.05. The number of para-hydroxylation sites is 1. The van der Waals surface area contributed by atoms with Gasteiger partial charge in [0.25, 0.3) is 0 Å². The molecule has 3 N–H and O–H groups in total. The van der Waals surface area contributed by atoms with Gasteiger partial charge in [0.15, 0.2) is 0 Å². The normalized spacial score (nSPS) is 10.2. The maximum Gasteiger partial charge on any atom is 0.141 e. The number of anilines is 1. The first-order valence-electron chi connectivity index (χ1n) is 6.14. The van der Waals surface area contributed by atoms with Gasteiger partial charge in [-0.3, -0.25) is 10.4 Å². The van der Waals surface area contributed by atoms with Crippen molar-refractivity contribution in [2.75, 3.05) is 11.9 Å². The van der Waals surface area contributed by atoms with Crippen LogP contribution in [-0.4, -0.2) is 17.9 Å². The summed E-state index contributed by atoms with van der Waals surface area (Å²) in [6.45, 7) is 2.85. The number of rotatable bonds is 4. The summed E-state index contributed by atoms with van der Waals surface area (Å²) in [4.78, 5) is 6.24. The molecule has 1 aromatic carbocycles. The monoisotopic (exact) mass is 254 g/mol. The molecule has 98 valence electrons. The molecular formula is C15H18N4. The minimum absolute atomic E-state index is 0.000365. The van der Waals surface area contributed by atoms with Crippen LogP contribution in [0.3, 0.4) is 0 Å². The Morgan fingerprint density at radius 1 is 1.32 bits per heavy atom. The third kappa shape index (κ3) is 3.10. The number of nitrogen functional groups attached to an aromatic ring is 1. The van der Waals surface area contributed by atoms with Crippen molar-refractivity contribution in [2.24, 2.45) is 5.73 Å². The lowest BCUT2D eigenvalue weighted by Gasteiger charge is -2.21. The van der Waals surface area contributed by atoms with Crippen LogP contribution in [0.2, 0.25) is 0 Å². The smallest absolute Gasteiger partial charge is 0.141 e. The molecule has 0 fully saturated rings. The summed E-state index contributed by atoms with van der Waals surface area (Å²) in [6, 6.07) is 12.1. The summed E-state index contributed by atoms with van der Waals surface area (Å²) in [5.74, 6) is 0.000365. The molecule has 0 saturated heterocycles. The molecule has 0 unspecified atom stereocenters. The molecule has 0 amide bonds. The van der Waals surface area contributed by atoms with Crippen LogP contribution in [0.25, 0.3) is 0 Å². The van der Waals surface area contributed by atoms with Crippen molar-refractivity contribution in [3.63, 3.8) is 0 Å². The summed E-state index contributed by atoms with van der Waals surface area (Å²) in [5.41, 5.74) is 9.51. The van der Waals surface area contributed by atoms with Crippen molar-refractivity contribution in [3.05, 3.63) is 59.4 Å². The molecule has 4 nitrogen and oxygen atoms in total. The number of pyridine rings is 1. The van der Waals surface area contributed by atoms with Gasteiger partial charge >= 0.3 is 0 Å². The highest BCUT2D eigenvalue weighted by Gasteiger charge is 2.06. The predicted molar refractivity (Wildman–Crippen MR) is 78.5 cm³/mol. The summed E-state index contributed by atoms with van der Waals surface area (Å²) < 4.78 is 0. The van der Waals surface area contributed by atoms with E-state index in [1.165, 1.54) is 11.3 Å². The van der Waals surface area contributed by atoms with Crippen LogP contribution in [0.5, 0.6) is 0 Å². The van der Waals surface area contributed by atoms with E-state index in [0.29, 0.717) is 5.69 Å². The Balaban J connectivity index is 2.19. The van der Waals surface area contributed by atoms with E-state index < -0.39 is 0 Å². The van der Waals surface area contributed by atoms with Crippen molar-refractivity contribution in [1.82, 2.24) is 4.98 Å². The Morgan fingerprint density at radius 2 is 2.05 bits per heavy atom. The second kappa shape index (κ2) is 5.52. The van der Waals surface area contributed by atoms with Gasteiger partial charge in [-0.05, 0) is 36.2 Å². The largest absolute Gasteiger partial charge is 0.382 e. The van der Waals surface area contributed by atoms with E-state index in [1.807, 2.05) is 24.3 Å². The number of nitrogens with two attached hydrogens (primary N) is 1. The Morgan fingerprint density at radius 3 is 2.74 bits per heavy atom. The standard InChI is InChI=1S/C15H18N4/c1-11-5-3-4-6-14(11)19(2)10-12-7-8-18-13(9-12)15(16)17/h3-9H,10H2,1-2H3,(H3,16,17). The van der Waals surface area contributed by atoms with Crippen molar-refractivity contribution >= 4 is 11.5 Å². The van der Waals surface area contributed by atoms with Crippen LogP contribution in [0, 0.1) is 12.3 Å². The molecule has 0 aliphatic heterocycles. The Hall–Kier alpha value is -2.36. The number of benzene rings is 1. The van der Waals surface area contributed by atoms with E-state index in [-0.39, 0.29) is 5.84 Å². The lowest BCUT2D eigenvalue weighted by atomic mass is 10.1. The molecule has 19 heavy (non-hydrogen) atoms. The number of hydrogen-bond donors (Lipinski definition) is 2. The highest BCUT2D eigenvalue weighted by Crippen LogP contribution is 2.19. The van der Waals surface area contributed by atoms with E-state index >= 15 is 0 Å². The average molecular weight is 254 g/mol. The summed E-state index contributed by atoms with van der Waals surface area (Å²) in [6.07, 6.45) is 1.69. The number of amidine groups is 1. The van der Waals surface area contributed by atoms with E-state index in [1.54, 1.807) is 6.20 Å². The Labute approximate surface area is 113 Å². The van der Waals surface area contributed by atoms with Crippen LogP contribution >= 0.6 is 0 Å². The first kappa shape index (κ1) is 13.1. The minimum Gasteiger partial charge on any atom is -0.382 e. The third-order valence-electron chi connectivity index (χ3n) is 3.05.